The van der Waals surface area contributed by atoms with Crippen molar-refractivity contribution in [3.05, 3.63) is 35.4 Å². The van der Waals surface area contributed by atoms with Crippen molar-refractivity contribution in [2.45, 2.75) is 38.3 Å². The van der Waals surface area contributed by atoms with Crippen LogP contribution in [0.5, 0.6) is 0 Å². The third-order valence-corrected chi connectivity index (χ3v) is 3.37. The normalized spacial score (nSPS) is 17.6. The summed E-state index contributed by atoms with van der Waals surface area (Å²) in [5, 5.41) is 5.93. The van der Waals surface area contributed by atoms with Crippen molar-refractivity contribution in [2.24, 2.45) is 0 Å². The molecule has 0 spiro atoms. The second kappa shape index (κ2) is 8.17. The van der Waals surface area contributed by atoms with E-state index in [1.165, 1.54) is 0 Å². The van der Waals surface area contributed by atoms with Gasteiger partial charge in [0.05, 0.1) is 0 Å². The van der Waals surface area contributed by atoms with Gasteiger partial charge in [-0.1, -0.05) is 0 Å². The lowest BCUT2D eigenvalue weighted by Crippen LogP contribution is -2.27. The molecule has 0 saturated carbocycles. The van der Waals surface area contributed by atoms with E-state index in [4.69, 9.17) is 0 Å². The van der Waals surface area contributed by atoms with Crippen LogP contribution < -0.4 is 10.6 Å². The minimum Gasteiger partial charge on any atom is -0.352 e. The summed E-state index contributed by atoms with van der Waals surface area (Å²) in [6, 6.07) is 3.65. The van der Waals surface area contributed by atoms with Gasteiger partial charge in [0.2, 0.25) is 5.91 Å². The number of hydrogen-bond acceptors (Lipinski definition) is 2. The molecule has 1 aromatic rings. The van der Waals surface area contributed by atoms with E-state index in [0.29, 0.717) is 12.5 Å². The zero-order valence-electron chi connectivity index (χ0n) is 11.1. The van der Waals surface area contributed by atoms with Crippen LogP contribution in [0.1, 0.15) is 31.2 Å². The van der Waals surface area contributed by atoms with Crippen LogP contribution >= 0.6 is 12.4 Å². The highest BCUT2D eigenvalue weighted by Crippen LogP contribution is 2.11. The van der Waals surface area contributed by atoms with Gasteiger partial charge in [0.25, 0.3) is 0 Å². The van der Waals surface area contributed by atoms with Gasteiger partial charge in [-0.3, -0.25) is 4.79 Å². The molecule has 1 heterocycles. The molecule has 1 fully saturated rings. The van der Waals surface area contributed by atoms with Crippen LogP contribution in [-0.4, -0.2) is 18.5 Å². The summed E-state index contributed by atoms with van der Waals surface area (Å²) in [6.45, 7) is 1.04. The average Bonchev–Trinajstić information content (AvgIpc) is 2.90. The van der Waals surface area contributed by atoms with E-state index in [-0.39, 0.29) is 30.4 Å². The molecule has 0 aromatic heterocycles. The number of carbonyl (C=O) groups excluding carboxylic acids is 1. The van der Waals surface area contributed by atoms with Crippen LogP contribution in [0.4, 0.5) is 8.78 Å². The Balaban J connectivity index is 0.00000200. The largest absolute Gasteiger partial charge is 0.352 e. The molecule has 1 atom stereocenters. The number of rotatable bonds is 5. The molecule has 112 valence electrons. The first-order valence-electron chi connectivity index (χ1n) is 6.59. The highest BCUT2D eigenvalue weighted by molar-refractivity contribution is 5.85. The number of benzene rings is 1. The van der Waals surface area contributed by atoms with Crippen molar-refractivity contribution in [2.75, 3.05) is 6.54 Å². The number of nitrogens with one attached hydrogen (secondary N) is 2. The maximum absolute atomic E-state index is 13.3. The SMILES string of the molecule is Cl.O=C(CCC1CCCN1)NCc1cc(F)ccc1F. The molecule has 1 aromatic carbocycles. The Morgan fingerprint density at radius 1 is 1.40 bits per heavy atom. The average molecular weight is 305 g/mol. The predicted octanol–water partition coefficient (Wildman–Crippen LogP) is 2.54. The fourth-order valence-corrected chi connectivity index (χ4v) is 2.27. The predicted molar refractivity (Wildman–Crippen MR) is 75.7 cm³/mol. The standard InChI is InChI=1S/C14H18F2N2O.ClH/c15-11-3-5-13(16)10(8-11)9-18-14(19)6-4-12-2-1-7-17-12;/h3,5,8,12,17H,1-2,4,6-7,9H2,(H,18,19);1H. The molecule has 1 aliphatic heterocycles. The summed E-state index contributed by atoms with van der Waals surface area (Å²) in [5.41, 5.74) is 0.173. The highest BCUT2D eigenvalue weighted by atomic mass is 35.5. The van der Waals surface area contributed by atoms with Gasteiger partial charge in [-0.15, -0.1) is 12.4 Å². The lowest BCUT2D eigenvalue weighted by atomic mass is 10.1. The minimum atomic E-state index is -0.501. The zero-order valence-corrected chi connectivity index (χ0v) is 11.9. The van der Waals surface area contributed by atoms with E-state index < -0.39 is 11.6 Å². The lowest BCUT2D eigenvalue weighted by molar-refractivity contribution is -0.121. The maximum Gasteiger partial charge on any atom is 0.220 e. The van der Waals surface area contributed by atoms with E-state index in [2.05, 4.69) is 10.6 Å². The molecular formula is C14H19ClF2N2O. The molecule has 1 unspecified atom stereocenters. The molecule has 3 nitrogen and oxygen atoms in total. The molecule has 0 bridgehead atoms. The summed E-state index contributed by atoms with van der Waals surface area (Å²) in [7, 11) is 0. The van der Waals surface area contributed by atoms with Crippen molar-refractivity contribution >= 4 is 18.3 Å². The molecule has 2 rings (SSSR count). The van der Waals surface area contributed by atoms with Gasteiger partial charge in [-0.25, -0.2) is 8.78 Å². The van der Waals surface area contributed by atoms with Crippen LogP contribution in [0, 0.1) is 11.6 Å². The molecular weight excluding hydrogens is 286 g/mol. The van der Waals surface area contributed by atoms with Gasteiger partial charge in [0.1, 0.15) is 11.6 Å². The monoisotopic (exact) mass is 304 g/mol. The van der Waals surface area contributed by atoms with E-state index in [1.54, 1.807) is 0 Å². The number of carbonyl (C=O) groups is 1. The smallest absolute Gasteiger partial charge is 0.220 e. The van der Waals surface area contributed by atoms with Crippen LogP contribution in [0.2, 0.25) is 0 Å². The number of halogens is 3. The van der Waals surface area contributed by atoms with Gasteiger partial charge in [0.15, 0.2) is 0 Å². The fourth-order valence-electron chi connectivity index (χ4n) is 2.27. The molecule has 20 heavy (non-hydrogen) atoms. The van der Waals surface area contributed by atoms with Crippen molar-refractivity contribution < 1.29 is 13.6 Å². The Morgan fingerprint density at radius 2 is 2.20 bits per heavy atom. The summed E-state index contributed by atoms with van der Waals surface area (Å²) in [5.74, 6) is -1.13. The first-order valence-corrected chi connectivity index (χ1v) is 6.59. The van der Waals surface area contributed by atoms with Crippen LogP contribution in [0.25, 0.3) is 0 Å². The second-order valence-corrected chi connectivity index (χ2v) is 4.84. The Bertz CT molecular complexity index is 451. The first kappa shape index (κ1) is 16.9. The Morgan fingerprint density at radius 3 is 2.90 bits per heavy atom. The van der Waals surface area contributed by atoms with E-state index in [1.807, 2.05) is 0 Å². The summed E-state index contributed by atoms with van der Waals surface area (Å²) in [4.78, 5) is 11.6. The lowest BCUT2D eigenvalue weighted by Gasteiger charge is -2.10. The third kappa shape index (κ3) is 5.06. The Labute approximate surface area is 123 Å². The molecule has 1 amide bonds. The number of amides is 1. The van der Waals surface area contributed by atoms with Crippen molar-refractivity contribution in [3.8, 4) is 0 Å². The van der Waals surface area contributed by atoms with Gasteiger partial charge >= 0.3 is 0 Å². The molecule has 1 aliphatic rings. The Hall–Kier alpha value is -1.20. The van der Waals surface area contributed by atoms with Gasteiger partial charge in [-0.2, -0.15) is 0 Å². The molecule has 0 radical (unpaired) electrons. The van der Waals surface area contributed by atoms with Crippen LogP contribution in [0.3, 0.4) is 0 Å². The van der Waals surface area contributed by atoms with E-state index in [9.17, 15) is 13.6 Å². The van der Waals surface area contributed by atoms with E-state index >= 15 is 0 Å². The third-order valence-electron chi connectivity index (χ3n) is 3.37. The maximum atomic E-state index is 13.3. The van der Waals surface area contributed by atoms with Gasteiger partial charge in [0, 0.05) is 24.6 Å². The molecule has 6 heteroatoms. The summed E-state index contributed by atoms with van der Waals surface area (Å²) in [6.07, 6.45) is 3.46. The summed E-state index contributed by atoms with van der Waals surface area (Å²) >= 11 is 0. The van der Waals surface area contributed by atoms with Crippen molar-refractivity contribution in [3.63, 3.8) is 0 Å². The zero-order chi connectivity index (χ0) is 13.7. The van der Waals surface area contributed by atoms with Gasteiger partial charge < -0.3 is 10.6 Å². The Kier molecular flexibility index (Phi) is 6.88. The van der Waals surface area contributed by atoms with E-state index in [0.717, 1.165) is 44.0 Å². The van der Waals surface area contributed by atoms with Crippen LogP contribution in [-0.2, 0) is 11.3 Å². The molecule has 0 aliphatic carbocycles. The highest BCUT2D eigenvalue weighted by Gasteiger charge is 2.15. The summed E-state index contributed by atoms with van der Waals surface area (Å²) < 4.78 is 26.3. The first-order chi connectivity index (χ1) is 9.15. The van der Waals surface area contributed by atoms with Gasteiger partial charge in [-0.05, 0) is 44.0 Å². The minimum absolute atomic E-state index is 0. The number of hydrogen-bond donors (Lipinski definition) is 2. The topological polar surface area (TPSA) is 41.1 Å². The molecule has 1 saturated heterocycles. The van der Waals surface area contributed by atoms with Crippen molar-refractivity contribution in [1.29, 1.82) is 0 Å². The fraction of sp³-hybridized carbons (Fsp3) is 0.500. The quantitative estimate of drug-likeness (QED) is 0.878. The van der Waals surface area contributed by atoms with Crippen LogP contribution in [0.15, 0.2) is 18.2 Å². The molecule has 2 N–H and O–H groups in total. The van der Waals surface area contributed by atoms with Crippen molar-refractivity contribution in [1.82, 2.24) is 10.6 Å². The second-order valence-electron chi connectivity index (χ2n) is 4.84.